The molecule has 0 amide bonds. The van der Waals surface area contributed by atoms with E-state index in [9.17, 15) is 0 Å². The SMILES string of the molecule is CC(CC1CCCN1)NC1COc2ccccc2C1. The van der Waals surface area contributed by atoms with E-state index in [4.69, 9.17) is 4.74 Å². The molecule has 1 fully saturated rings. The zero-order valence-electron chi connectivity index (χ0n) is 11.7. The van der Waals surface area contributed by atoms with Gasteiger partial charge in [0.05, 0.1) is 0 Å². The molecule has 2 aliphatic rings. The summed E-state index contributed by atoms with van der Waals surface area (Å²) in [5.74, 6) is 1.06. The Labute approximate surface area is 115 Å². The minimum absolute atomic E-state index is 0.450. The minimum atomic E-state index is 0.450. The van der Waals surface area contributed by atoms with Gasteiger partial charge in [0.1, 0.15) is 12.4 Å². The first kappa shape index (κ1) is 12.9. The number of benzene rings is 1. The molecular formula is C16H24N2O. The first-order valence-electron chi connectivity index (χ1n) is 7.51. The van der Waals surface area contributed by atoms with Gasteiger partial charge < -0.3 is 15.4 Å². The van der Waals surface area contributed by atoms with Crippen LogP contribution in [-0.2, 0) is 6.42 Å². The lowest BCUT2D eigenvalue weighted by molar-refractivity contribution is 0.225. The second kappa shape index (κ2) is 5.93. The van der Waals surface area contributed by atoms with Gasteiger partial charge in [-0.15, -0.1) is 0 Å². The monoisotopic (exact) mass is 260 g/mol. The van der Waals surface area contributed by atoms with Gasteiger partial charge in [-0.25, -0.2) is 0 Å². The molecule has 3 nitrogen and oxygen atoms in total. The van der Waals surface area contributed by atoms with Gasteiger partial charge in [-0.05, 0) is 50.8 Å². The number of fused-ring (bicyclic) bond motifs is 1. The van der Waals surface area contributed by atoms with Crippen molar-refractivity contribution in [3.05, 3.63) is 29.8 Å². The second-order valence-electron chi connectivity index (χ2n) is 5.92. The Morgan fingerprint density at radius 2 is 2.32 bits per heavy atom. The van der Waals surface area contributed by atoms with Gasteiger partial charge in [0, 0.05) is 18.1 Å². The third-order valence-corrected chi connectivity index (χ3v) is 4.20. The third-order valence-electron chi connectivity index (χ3n) is 4.20. The molecule has 3 rings (SSSR count). The molecule has 0 saturated carbocycles. The molecule has 0 spiro atoms. The van der Waals surface area contributed by atoms with Crippen molar-refractivity contribution in [3.8, 4) is 5.75 Å². The number of hydrogen-bond donors (Lipinski definition) is 2. The highest BCUT2D eigenvalue weighted by atomic mass is 16.5. The maximum Gasteiger partial charge on any atom is 0.122 e. The molecule has 2 heterocycles. The maximum atomic E-state index is 5.83. The van der Waals surface area contributed by atoms with E-state index in [0.717, 1.165) is 18.8 Å². The van der Waals surface area contributed by atoms with Crippen LogP contribution in [0.4, 0.5) is 0 Å². The summed E-state index contributed by atoms with van der Waals surface area (Å²) in [7, 11) is 0. The smallest absolute Gasteiger partial charge is 0.122 e. The topological polar surface area (TPSA) is 33.3 Å². The van der Waals surface area contributed by atoms with Gasteiger partial charge >= 0.3 is 0 Å². The van der Waals surface area contributed by atoms with Crippen LogP contribution >= 0.6 is 0 Å². The predicted molar refractivity (Wildman–Crippen MR) is 77.7 cm³/mol. The average molecular weight is 260 g/mol. The fourth-order valence-corrected chi connectivity index (χ4v) is 3.29. The Hall–Kier alpha value is -1.06. The van der Waals surface area contributed by atoms with Crippen molar-refractivity contribution < 1.29 is 4.74 Å². The summed E-state index contributed by atoms with van der Waals surface area (Å²) in [6.07, 6.45) is 4.96. The molecule has 1 aromatic carbocycles. The largest absolute Gasteiger partial charge is 0.492 e. The minimum Gasteiger partial charge on any atom is -0.492 e. The molecular weight excluding hydrogens is 236 g/mol. The number of rotatable bonds is 4. The molecule has 3 atom stereocenters. The van der Waals surface area contributed by atoms with Crippen LogP contribution in [0.2, 0.25) is 0 Å². The van der Waals surface area contributed by atoms with Gasteiger partial charge in [-0.3, -0.25) is 0 Å². The van der Waals surface area contributed by atoms with Crippen molar-refractivity contribution in [2.75, 3.05) is 13.2 Å². The van der Waals surface area contributed by atoms with Crippen molar-refractivity contribution >= 4 is 0 Å². The van der Waals surface area contributed by atoms with E-state index in [2.05, 4.69) is 35.8 Å². The lowest BCUT2D eigenvalue weighted by atomic mass is 10.0. The zero-order chi connectivity index (χ0) is 13.1. The fraction of sp³-hybridized carbons (Fsp3) is 0.625. The molecule has 3 unspecified atom stereocenters. The van der Waals surface area contributed by atoms with Crippen LogP contribution in [0.5, 0.6) is 5.75 Å². The summed E-state index contributed by atoms with van der Waals surface area (Å²) < 4.78 is 5.83. The molecule has 1 saturated heterocycles. The van der Waals surface area contributed by atoms with Crippen LogP contribution in [-0.4, -0.2) is 31.3 Å². The Balaban J connectivity index is 1.51. The molecule has 19 heavy (non-hydrogen) atoms. The number of hydrogen-bond acceptors (Lipinski definition) is 3. The van der Waals surface area contributed by atoms with Crippen molar-refractivity contribution in [2.45, 2.75) is 50.7 Å². The van der Waals surface area contributed by atoms with Crippen molar-refractivity contribution in [2.24, 2.45) is 0 Å². The maximum absolute atomic E-state index is 5.83. The molecule has 1 aromatic rings. The lowest BCUT2D eigenvalue weighted by Gasteiger charge is -2.29. The van der Waals surface area contributed by atoms with E-state index in [1.54, 1.807) is 0 Å². The summed E-state index contributed by atoms with van der Waals surface area (Å²) in [5.41, 5.74) is 1.33. The number of para-hydroxylation sites is 1. The summed E-state index contributed by atoms with van der Waals surface area (Å²) in [6.45, 7) is 4.28. The summed E-state index contributed by atoms with van der Waals surface area (Å²) in [5, 5.41) is 7.29. The van der Waals surface area contributed by atoms with Gasteiger partial charge in [0.2, 0.25) is 0 Å². The van der Waals surface area contributed by atoms with Crippen LogP contribution in [0.15, 0.2) is 24.3 Å². The van der Waals surface area contributed by atoms with Crippen molar-refractivity contribution in [3.63, 3.8) is 0 Å². The van der Waals surface area contributed by atoms with Gasteiger partial charge in [0.15, 0.2) is 0 Å². The van der Waals surface area contributed by atoms with Crippen LogP contribution in [0, 0.1) is 0 Å². The van der Waals surface area contributed by atoms with E-state index in [-0.39, 0.29) is 0 Å². The first-order valence-corrected chi connectivity index (χ1v) is 7.51. The normalized spacial score (nSPS) is 27.6. The predicted octanol–water partition coefficient (Wildman–Crippen LogP) is 2.11. The van der Waals surface area contributed by atoms with Crippen LogP contribution in [0.3, 0.4) is 0 Å². The number of nitrogens with one attached hydrogen (secondary N) is 2. The molecule has 0 aliphatic carbocycles. The van der Waals surface area contributed by atoms with Crippen molar-refractivity contribution in [1.29, 1.82) is 0 Å². The van der Waals surface area contributed by atoms with Crippen LogP contribution in [0.1, 0.15) is 31.7 Å². The second-order valence-corrected chi connectivity index (χ2v) is 5.92. The molecule has 3 heteroatoms. The molecule has 0 radical (unpaired) electrons. The molecule has 0 bridgehead atoms. The summed E-state index contributed by atoms with van der Waals surface area (Å²) in [6, 6.07) is 10.1. The van der Waals surface area contributed by atoms with Gasteiger partial charge in [-0.2, -0.15) is 0 Å². The van der Waals surface area contributed by atoms with E-state index in [1.165, 1.54) is 31.4 Å². The van der Waals surface area contributed by atoms with E-state index in [1.807, 2.05) is 6.07 Å². The quantitative estimate of drug-likeness (QED) is 0.870. The van der Waals surface area contributed by atoms with Crippen LogP contribution < -0.4 is 15.4 Å². The molecule has 2 aliphatic heterocycles. The molecule has 104 valence electrons. The number of ether oxygens (including phenoxy) is 1. The first-order chi connectivity index (χ1) is 9.31. The molecule has 2 N–H and O–H groups in total. The Kier molecular flexibility index (Phi) is 4.04. The Morgan fingerprint density at radius 3 is 3.16 bits per heavy atom. The summed E-state index contributed by atoms with van der Waals surface area (Å²) in [4.78, 5) is 0. The molecule has 0 aromatic heterocycles. The fourth-order valence-electron chi connectivity index (χ4n) is 3.29. The van der Waals surface area contributed by atoms with Gasteiger partial charge in [-0.1, -0.05) is 18.2 Å². The lowest BCUT2D eigenvalue weighted by Crippen LogP contribution is -2.45. The zero-order valence-corrected chi connectivity index (χ0v) is 11.7. The Bertz CT molecular complexity index is 415. The Morgan fingerprint density at radius 1 is 1.42 bits per heavy atom. The van der Waals surface area contributed by atoms with E-state index >= 15 is 0 Å². The van der Waals surface area contributed by atoms with E-state index in [0.29, 0.717) is 18.1 Å². The highest BCUT2D eigenvalue weighted by Gasteiger charge is 2.23. The standard InChI is InChI=1S/C16H24N2O/c1-12(9-14-6-4-8-17-14)18-15-10-13-5-2-3-7-16(13)19-11-15/h2-3,5,7,12,14-15,17-18H,4,6,8-11H2,1H3. The highest BCUT2D eigenvalue weighted by Crippen LogP contribution is 2.24. The third kappa shape index (κ3) is 3.28. The van der Waals surface area contributed by atoms with Crippen molar-refractivity contribution in [1.82, 2.24) is 10.6 Å². The highest BCUT2D eigenvalue weighted by molar-refractivity contribution is 5.35. The summed E-state index contributed by atoms with van der Waals surface area (Å²) >= 11 is 0. The van der Waals surface area contributed by atoms with Crippen LogP contribution in [0.25, 0.3) is 0 Å². The average Bonchev–Trinajstić information content (AvgIpc) is 2.91. The van der Waals surface area contributed by atoms with E-state index < -0.39 is 0 Å². The van der Waals surface area contributed by atoms with Gasteiger partial charge in [0.25, 0.3) is 0 Å².